The number of hydrogen-bond donors (Lipinski definition) is 3. The Bertz CT molecular complexity index is 1370. The van der Waals surface area contributed by atoms with Gasteiger partial charge in [0.05, 0.1) is 5.41 Å². The number of oxime groups is 1. The van der Waals surface area contributed by atoms with E-state index in [1.165, 1.54) is 5.38 Å². The molecule has 1 saturated heterocycles. The van der Waals surface area contributed by atoms with Crippen LogP contribution in [0.15, 0.2) is 34.0 Å². The first-order chi connectivity index (χ1) is 19.5. The highest BCUT2D eigenvalue weighted by Crippen LogP contribution is 2.41. The van der Waals surface area contributed by atoms with E-state index in [1.807, 2.05) is 0 Å². The predicted octanol–water partition coefficient (Wildman–Crippen LogP) is 1.39. The number of nitrogens with one attached hydrogen (secondary N) is 1. The third-order valence-electron chi connectivity index (χ3n) is 5.27. The van der Waals surface area contributed by atoms with E-state index in [9.17, 15) is 37.1 Å². The van der Waals surface area contributed by atoms with Gasteiger partial charge in [0.25, 0.3) is 11.8 Å². The summed E-state index contributed by atoms with van der Waals surface area (Å²) >= 11 is 1.90. The van der Waals surface area contributed by atoms with E-state index in [0.29, 0.717) is 6.08 Å². The highest BCUT2D eigenvalue weighted by Gasteiger charge is 2.54. The zero-order valence-corrected chi connectivity index (χ0v) is 23.7. The Labute approximate surface area is 243 Å². The SMILES string of the molecule is CC(C)(C)C(=O)OCOC(=O)C1=C(C=CC(F)(F)F)CS[C@@H]2C(NC(=O)C(=NOCC(=O)O)c3csc(N)n3)C(=O)N12. The molecule has 0 aromatic carbocycles. The Balaban J connectivity index is 1.82. The summed E-state index contributed by atoms with van der Waals surface area (Å²) in [4.78, 5) is 71.2. The minimum Gasteiger partial charge on any atom is -0.479 e. The lowest BCUT2D eigenvalue weighted by atomic mass is 9.98. The molecule has 3 rings (SSSR count). The quantitative estimate of drug-likeness (QED) is 0.110. The molecule has 0 radical (unpaired) electrons. The van der Waals surface area contributed by atoms with Gasteiger partial charge in [-0.15, -0.1) is 23.1 Å². The van der Waals surface area contributed by atoms with Gasteiger partial charge in [0, 0.05) is 17.2 Å². The summed E-state index contributed by atoms with van der Waals surface area (Å²) in [6.45, 7) is 2.90. The monoisotopic (exact) mass is 635 g/mol. The maximum Gasteiger partial charge on any atom is 0.409 e. The number of esters is 2. The lowest BCUT2D eigenvalue weighted by Gasteiger charge is -2.49. The van der Waals surface area contributed by atoms with Gasteiger partial charge in [-0.05, 0) is 26.3 Å². The molecule has 1 aromatic heterocycles. The van der Waals surface area contributed by atoms with Gasteiger partial charge < -0.3 is 30.5 Å². The van der Waals surface area contributed by atoms with Gasteiger partial charge in [0.15, 0.2) is 10.8 Å². The fourth-order valence-electron chi connectivity index (χ4n) is 3.34. The van der Waals surface area contributed by atoms with Crippen molar-refractivity contribution < 1.29 is 56.6 Å². The number of rotatable bonds is 10. The zero-order valence-electron chi connectivity index (χ0n) is 22.1. The summed E-state index contributed by atoms with van der Waals surface area (Å²) in [6.07, 6.45) is -4.21. The van der Waals surface area contributed by atoms with Gasteiger partial charge in [-0.25, -0.2) is 14.6 Å². The number of aliphatic carboxylic acids is 1. The molecule has 2 amide bonds. The standard InChI is InChI=1S/C23H24F3N5O9S2/c1-22(2,3)20(37)39-9-38-19(36)15-10(4-5-23(24,25)26)7-41-18-14(17(35)31(15)18)29-16(34)13(30-40-6-12(32)33)11-8-42-21(27)28-11/h4-5,8,14,18H,6-7,9H2,1-3H3,(H2,27,28)(H,29,34)(H,32,33)/t14?,18-/m1/s1. The smallest absolute Gasteiger partial charge is 0.409 e. The van der Waals surface area contributed by atoms with E-state index in [-0.39, 0.29) is 28.2 Å². The predicted molar refractivity (Wildman–Crippen MR) is 140 cm³/mol. The van der Waals surface area contributed by atoms with Crippen LogP contribution in [0.4, 0.5) is 18.3 Å². The topological polar surface area (TPSA) is 200 Å². The van der Waals surface area contributed by atoms with E-state index in [0.717, 1.165) is 28.0 Å². The number of fused-ring (bicyclic) bond motifs is 1. The van der Waals surface area contributed by atoms with Crippen molar-refractivity contribution in [3.63, 3.8) is 0 Å². The van der Waals surface area contributed by atoms with Gasteiger partial charge in [0.1, 0.15) is 22.8 Å². The average Bonchev–Trinajstić information content (AvgIpc) is 3.31. The highest BCUT2D eigenvalue weighted by molar-refractivity contribution is 8.00. The molecule has 4 N–H and O–H groups in total. The number of carbonyl (C=O) groups is 5. The molecular formula is C23H24F3N5O9S2. The minimum atomic E-state index is -4.72. The van der Waals surface area contributed by atoms with E-state index in [1.54, 1.807) is 20.8 Å². The van der Waals surface area contributed by atoms with Crippen LogP contribution in [0.25, 0.3) is 0 Å². The Kier molecular flexibility index (Phi) is 9.87. The lowest BCUT2D eigenvalue weighted by molar-refractivity contribution is -0.173. The first kappa shape index (κ1) is 32.4. The van der Waals surface area contributed by atoms with Crippen LogP contribution in [0.2, 0.25) is 0 Å². The van der Waals surface area contributed by atoms with Crippen LogP contribution < -0.4 is 11.1 Å². The van der Waals surface area contributed by atoms with Gasteiger partial charge in [0.2, 0.25) is 13.4 Å². The third kappa shape index (κ3) is 7.99. The number of allylic oxidation sites excluding steroid dienone is 2. The molecule has 42 heavy (non-hydrogen) atoms. The van der Waals surface area contributed by atoms with Crippen LogP contribution >= 0.6 is 23.1 Å². The molecule has 1 unspecified atom stereocenters. The number of β-lactam (4-membered cyclic amide) rings is 1. The van der Waals surface area contributed by atoms with Crippen molar-refractivity contribution in [2.75, 3.05) is 24.9 Å². The second kappa shape index (κ2) is 12.8. The van der Waals surface area contributed by atoms with E-state index >= 15 is 0 Å². The number of anilines is 1. The molecule has 1 aromatic rings. The molecule has 0 saturated carbocycles. The van der Waals surface area contributed by atoms with Crippen LogP contribution in [0, 0.1) is 5.41 Å². The van der Waals surface area contributed by atoms with E-state index in [4.69, 9.17) is 20.3 Å². The number of carboxylic acids is 1. The molecule has 0 bridgehead atoms. The molecule has 14 nitrogen and oxygen atoms in total. The number of halogens is 3. The summed E-state index contributed by atoms with van der Waals surface area (Å²) in [5.74, 6) is -5.40. The molecule has 1 fully saturated rings. The number of thioether (sulfide) groups is 1. The number of nitrogens with two attached hydrogens (primary N) is 1. The zero-order chi connectivity index (χ0) is 31.4. The number of carboxylic acid groups (broad SMARTS) is 1. The Morgan fingerprint density at radius 2 is 1.95 bits per heavy atom. The van der Waals surface area contributed by atoms with E-state index in [2.05, 4.69) is 20.3 Å². The van der Waals surface area contributed by atoms with Crippen molar-refractivity contribution >= 4 is 63.7 Å². The average molecular weight is 636 g/mol. The number of carbonyl (C=O) groups excluding carboxylic acids is 4. The van der Waals surface area contributed by atoms with Crippen molar-refractivity contribution in [2.24, 2.45) is 10.6 Å². The Hall–Kier alpha value is -4.13. The van der Waals surface area contributed by atoms with Crippen molar-refractivity contribution in [2.45, 2.75) is 38.4 Å². The van der Waals surface area contributed by atoms with Gasteiger partial charge >= 0.3 is 24.1 Å². The van der Waals surface area contributed by atoms with Crippen molar-refractivity contribution in [3.05, 3.63) is 34.5 Å². The summed E-state index contributed by atoms with van der Waals surface area (Å²) < 4.78 is 48.4. The lowest BCUT2D eigenvalue weighted by Crippen LogP contribution is -2.71. The normalized spacial score (nSPS) is 19.2. The summed E-state index contributed by atoms with van der Waals surface area (Å²) in [7, 11) is 0. The van der Waals surface area contributed by atoms with Gasteiger partial charge in [-0.3, -0.25) is 19.3 Å². The molecule has 0 aliphatic carbocycles. The van der Waals surface area contributed by atoms with E-state index < -0.39 is 77.5 Å². The number of thiazole rings is 1. The molecule has 2 atom stereocenters. The number of aromatic nitrogens is 1. The van der Waals surface area contributed by atoms with Crippen molar-refractivity contribution in [1.82, 2.24) is 15.2 Å². The molecular weight excluding hydrogens is 611 g/mol. The second-order valence-electron chi connectivity index (χ2n) is 9.52. The Morgan fingerprint density at radius 3 is 2.52 bits per heavy atom. The maximum atomic E-state index is 13.1. The number of nitrogen functional groups attached to an aromatic ring is 1. The molecule has 19 heteroatoms. The third-order valence-corrected chi connectivity index (χ3v) is 7.24. The number of nitrogens with zero attached hydrogens (tertiary/aromatic N) is 3. The van der Waals surface area contributed by atoms with Crippen molar-refractivity contribution in [1.29, 1.82) is 0 Å². The molecule has 2 aliphatic heterocycles. The number of hydrogen-bond acceptors (Lipinski definition) is 13. The number of alkyl halides is 3. The van der Waals surface area contributed by atoms with Crippen LogP contribution in [-0.4, -0.2) is 87.2 Å². The summed E-state index contributed by atoms with van der Waals surface area (Å²) in [5, 5.41) is 15.1. The van der Waals surface area contributed by atoms with Crippen LogP contribution in [0.3, 0.4) is 0 Å². The van der Waals surface area contributed by atoms with Gasteiger partial charge in [-0.2, -0.15) is 13.2 Å². The molecule has 3 heterocycles. The first-order valence-electron chi connectivity index (χ1n) is 11.7. The van der Waals surface area contributed by atoms with Crippen LogP contribution in [-0.2, 0) is 38.3 Å². The fraction of sp³-hybridized carbons (Fsp3) is 0.435. The number of ether oxygens (including phenoxy) is 2. The van der Waals surface area contributed by atoms with Crippen LogP contribution in [0.1, 0.15) is 26.5 Å². The maximum absolute atomic E-state index is 13.1. The van der Waals surface area contributed by atoms with Crippen LogP contribution in [0.5, 0.6) is 0 Å². The Morgan fingerprint density at radius 1 is 1.26 bits per heavy atom. The van der Waals surface area contributed by atoms with Gasteiger partial charge in [-0.1, -0.05) is 11.2 Å². The molecule has 2 aliphatic rings. The summed E-state index contributed by atoms with van der Waals surface area (Å²) in [5.41, 5.74) is 3.37. The largest absolute Gasteiger partial charge is 0.479 e. The second-order valence-corrected chi connectivity index (χ2v) is 11.5. The number of amides is 2. The molecule has 0 spiro atoms. The minimum absolute atomic E-state index is 0.0541. The fourth-order valence-corrected chi connectivity index (χ4v) is 5.21. The summed E-state index contributed by atoms with van der Waals surface area (Å²) in [6, 6.07) is -1.28. The van der Waals surface area contributed by atoms with Crippen molar-refractivity contribution in [3.8, 4) is 0 Å². The first-order valence-corrected chi connectivity index (χ1v) is 13.6. The molecule has 228 valence electrons. The highest BCUT2D eigenvalue weighted by atomic mass is 32.2.